The van der Waals surface area contributed by atoms with E-state index in [0.29, 0.717) is 31.5 Å². The number of ether oxygens (including phenoxy) is 2. The number of rotatable bonds is 8. The fourth-order valence-electron chi connectivity index (χ4n) is 4.02. The van der Waals surface area contributed by atoms with Gasteiger partial charge in [0.25, 0.3) is 5.91 Å². The zero-order valence-corrected chi connectivity index (χ0v) is 16.6. The Hall–Kier alpha value is -2.58. The molecule has 1 heterocycles. The molecule has 0 spiro atoms. The first-order valence-corrected chi connectivity index (χ1v) is 9.83. The summed E-state index contributed by atoms with van der Waals surface area (Å²) in [4.78, 5) is 13.1. The van der Waals surface area contributed by atoms with Crippen LogP contribution in [0, 0.1) is 17.2 Å². The second-order valence-corrected chi connectivity index (χ2v) is 7.99. The predicted octanol–water partition coefficient (Wildman–Crippen LogP) is 3.07. The van der Waals surface area contributed by atoms with Crippen molar-refractivity contribution >= 4 is 5.91 Å². The van der Waals surface area contributed by atoms with Crippen molar-refractivity contribution in [2.75, 3.05) is 26.2 Å². The molecule has 0 aromatic heterocycles. The number of nitrogens with one attached hydrogen (secondary N) is 1. The number of benzene rings is 1. The monoisotopic (exact) mass is 445 g/mol. The number of hydroxylamine groups is 1. The van der Waals surface area contributed by atoms with E-state index < -0.39 is 23.9 Å². The van der Waals surface area contributed by atoms with Crippen LogP contribution >= 0.6 is 0 Å². The number of carbonyl (C=O) groups excluding carboxylic acids is 1. The van der Waals surface area contributed by atoms with E-state index in [-0.39, 0.29) is 43.4 Å². The zero-order chi connectivity index (χ0) is 22.6. The van der Waals surface area contributed by atoms with Crippen molar-refractivity contribution in [1.29, 1.82) is 5.26 Å². The molecule has 2 aliphatic rings. The molecule has 7 nitrogen and oxygen atoms in total. The number of hydrogen-bond acceptors (Lipinski definition) is 6. The molecule has 31 heavy (non-hydrogen) atoms. The van der Waals surface area contributed by atoms with E-state index in [1.54, 1.807) is 10.4 Å². The van der Waals surface area contributed by atoms with Gasteiger partial charge < -0.3 is 9.47 Å². The molecule has 1 saturated heterocycles. The maximum atomic E-state index is 13.0. The number of alkyl halides is 4. The Morgan fingerprint density at radius 1 is 1.29 bits per heavy atom. The van der Waals surface area contributed by atoms with E-state index in [2.05, 4.69) is 10.8 Å². The van der Waals surface area contributed by atoms with Crippen LogP contribution in [0.15, 0.2) is 18.2 Å². The summed E-state index contributed by atoms with van der Waals surface area (Å²) in [6, 6.07) is 6.54. The Kier molecular flexibility index (Phi) is 6.91. The predicted molar refractivity (Wildman–Crippen MR) is 99.1 cm³/mol. The number of hydrogen-bond donors (Lipinski definition) is 2. The summed E-state index contributed by atoms with van der Waals surface area (Å²) in [5.74, 6) is -3.91. The van der Waals surface area contributed by atoms with E-state index >= 15 is 0 Å². The average Bonchev–Trinajstić information content (AvgIpc) is 2.71. The van der Waals surface area contributed by atoms with Gasteiger partial charge in [-0.05, 0) is 30.5 Å². The Labute approximate surface area is 176 Å². The van der Waals surface area contributed by atoms with E-state index in [9.17, 15) is 27.6 Å². The van der Waals surface area contributed by atoms with Crippen LogP contribution in [-0.4, -0.2) is 54.8 Å². The number of piperidine rings is 1. The highest BCUT2D eigenvalue weighted by molar-refractivity contribution is 5.76. The number of halogens is 4. The Morgan fingerprint density at radius 2 is 1.97 bits per heavy atom. The molecule has 0 bridgehead atoms. The van der Waals surface area contributed by atoms with E-state index in [1.807, 2.05) is 0 Å². The molecule has 0 unspecified atom stereocenters. The largest absolute Gasteiger partial charge is 0.489 e. The van der Waals surface area contributed by atoms with Crippen LogP contribution in [0.1, 0.15) is 31.2 Å². The van der Waals surface area contributed by atoms with Crippen LogP contribution in [0.5, 0.6) is 11.5 Å². The molecule has 2 fully saturated rings. The van der Waals surface area contributed by atoms with E-state index in [4.69, 9.17) is 9.94 Å². The van der Waals surface area contributed by atoms with Gasteiger partial charge in [0, 0.05) is 31.8 Å². The van der Waals surface area contributed by atoms with Crippen LogP contribution in [-0.2, 0) is 10.2 Å². The smallest absolute Gasteiger partial charge is 0.387 e. The van der Waals surface area contributed by atoms with Crippen molar-refractivity contribution in [3.8, 4) is 17.6 Å². The minimum Gasteiger partial charge on any atom is -0.489 e. The van der Waals surface area contributed by atoms with Gasteiger partial charge in [-0.15, -0.1) is 0 Å². The third kappa shape index (κ3) is 5.57. The molecular formula is C20H23F4N3O4. The molecule has 2 N–H and O–H groups in total. The van der Waals surface area contributed by atoms with Gasteiger partial charge in [-0.25, -0.2) is 14.3 Å². The minimum absolute atomic E-state index is 0.0143. The highest BCUT2D eigenvalue weighted by Gasteiger charge is 2.45. The van der Waals surface area contributed by atoms with Crippen LogP contribution in [0.3, 0.4) is 0 Å². The molecular weight excluding hydrogens is 422 g/mol. The van der Waals surface area contributed by atoms with Gasteiger partial charge in [-0.2, -0.15) is 14.0 Å². The van der Waals surface area contributed by atoms with Crippen LogP contribution in [0.25, 0.3) is 0 Å². The standard InChI is InChI=1S/C20H23F4N3O4/c21-18(22)31-15-2-1-14(7-16(15)30-11-13-8-20(23,24)9-13)19(12-25)3-5-27(6-4-19)10-17(28)26-29/h1-2,7,13,18,29H,3-6,8-11H2,(H,26,28). The van der Waals surface area contributed by atoms with Crippen molar-refractivity contribution in [1.82, 2.24) is 10.4 Å². The molecule has 1 aliphatic heterocycles. The molecule has 1 amide bonds. The summed E-state index contributed by atoms with van der Waals surface area (Å²) < 4.78 is 61.7. The van der Waals surface area contributed by atoms with Crippen LogP contribution in [0.2, 0.25) is 0 Å². The lowest BCUT2D eigenvalue weighted by Crippen LogP contribution is -2.45. The molecule has 0 atom stereocenters. The van der Waals surface area contributed by atoms with Gasteiger partial charge in [-0.1, -0.05) is 6.07 Å². The Morgan fingerprint density at radius 3 is 2.52 bits per heavy atom. The topological polar surface area (TPSA) is 94.8 Å². The number of likely N-dealkylation sites (tertiary alicyclic amines) is 1. The molecule has 1 saturated carbocycles. The maximum absolute atomic E-state index is 13.0. The number of carbonyl (C=O) groups is 1. The zero-order valence-electron chi connectivity index (χ0n) is 16.6. The molecule has 1 aromatic rings. The molecule has 3 rings (SSSR count). The molecule has 1 aromatic carbocycles. The van der Waals surface area contributed by atoms with Crippen LogP contribution in [0.4, 0.5) is 17.6 Å². The van der Waals surface area contributed by atoms with Crippen molar-refractivity contribution in [2.24, 2.45) is 5.92 Å². The summed E-state index contributed by atoms with van der Waals surface area (Å²) in [6.45, 7) is -2.36. The first-order chi connectivity index (χ1) is 14.7. The van der Waals surface area contributed by atoms with Crippen molar-refractivity contribution in [2.45, 2.75) is 43.6 Å². The Balaban J connectivity index is 1.75. The van der Waals surface area contributed by atoms with Crippen molar-refractivity contribution in [3.05, 3.63) is 23.8 Å². The summed E-state index contributed by atoms with van der Waals surface area (Å²) in [5, 5.41) is 18.5. The maximum Gasteiger partial charge on any atom is 0.387 e. The molecule has 1 aliphatic carbocycles. The summed E-state index contributed by atoms with van der Waals surface area (Å²) in [6.07, 6.45) is 0.0886. The summed E-state index contributed by atoms with van der Waals surface area (Å²) >= 11 is 0. The van der Waals surface area contributed by atoms with Gasteiger partial charge in [-0.3, -0.25) is 14.9 Å². The third-order valence-corrected chi connectivity index (χ3v) is 5.78. The van der Waals surface area contributed by atoms with Crippen molar-refractivity contribution in [3.63, 3.8) is 0 Å². The third-order valence-electron chi connectivity index (χ3n) is 5.78. The fraction of sp³-hybridized carbons (Fsp3) is 0.600. The SMILES string of the molecule is N#CC1(c2ccc(OC(F)F)c(OCC3CC(F)(F)C3)c2)CCN(CC(=O)NO)CC1. The number of amides is 1. The molecule has 0 radical (unpaired) electrons. The average molecular weight is 445 g/mol. The number of nitrogens with zero attached hydrogens (tertiary/aromatic N) is 2. The number of nitriles is 1. The second-order valence-electron chi connectivity index (χ2n) is 7.99. The Bertz CT molecular complexity index is 830. The highest BCUT2D eigenvalue weighted by atomic mass is 19.3. The second kappa shape index (κ2) is 9.28. The van der Waals surface area contributed by atoms with Crippen LogP contribution < -0.4 is 15.0 Å². The van der Waals surface area contributed by atoms with Crippen molar-refractivity contribution < 1.29 is 37.0 Å². The van der Waals surface area contributed by atoms with Gasteiger partial charge in [0.15, 0.2) is 11.5 Å². The van der Waals surface area contributed by atoms with E-state index in [1.165, 1.54) is 18.2 Å². The van der Waals surface area contributed by atoms with Gasteiger partial charge in [0.1, 0.15) is 0 Å². The van der Waals surface area contributed by atoms with Gasteiger partial charge in [0.2, 0.25) is 5.92 Å². The quantitative estimate of drug-likeness (QED) is 0.363. The highest BCUT2D eigenvalue weighted by Crippen LogP contribution is 2.44. The lowest BCUT2D eigenvalue weighted by atomic mass is 9.74. The van der Waals surface area contributed by atoms with Gasteiger partial charge in [0.05, 0.1) is 24.6 Å². The van der Waals surface area contributed by atoms with Gasteiger partial charge >= 0.3 is 6.61 Å². The lowest BCUT2D eigenvalue weighted by Gasteiger charge is -2.37. The lowest BCUT2D eigenvalue weighted by molar-refractivity contribution is -0.130. The first-order valence-electron chi connectivity index (χ1n) is 9.83. The summed E-state index contributed by atoms with van der Waals surface area (Å²) in [7, 11) is 0. The minimum atomic E-state index is -3.09. The van der Waals surface area contributed by atoms with E-state index in [0.717, 1.165) is 0 Å². The molecule has 170 valence electrons. The fourth-order valence-corrected chi connectivity index (χ4v) is 4.02. The first kappa shape index (κ1) is 23.1. The summed E-state index contributed by atoms with van der Waals surface area (Å²) in [5.41, 5.74) is 1.17. The molecule has 11 heteroatoms. The normalized spacial score (nSPS) is 20.5.